The summed E-state index contributed by atoms with van der Waals surface area (Å²) in [5, 5.41) is 0. The number of hydrogen-bond acceptors (Lipinski definition) is 4. The molecule has 0 bridgehead atoms. The predicted octanol–water partition coefficient (Wildman–Crippen LogP) is 2.69. The molecule has 1 aromatic rings. The minimum atomic E-state index is -2.90. The van der Waals surface area contributed by atoms with Gasteiger partial charge in [-0.3, -0.25) is 0 Å². The molecule has 1 rings (SSSR count). The Morgan fingerprint density at radius 3 is 2.40 bits per heavy atom. The number of unbranched alkanes of at least 4 members (excludes halogenated alkanes) is 1. The maximum Gasteiger partial charge on any atom is 0.147 e. The Balaban J connectivity index is 2.42. The molecule has 20 heavy (non-hydrogen) atoms. The highest BCUT2D eigenvalue weighted by Crippen LogP contribution is 2.20. The number of hydrogen-bond donors (Lipinski definition) is 1. The average molecular weight is 299 g/mol. The van der Waals surface area contributed by atoms with Gasteiger partial charge in [-0.1, -0.05) is 25.5 Å². The second-order valence-corrected chi connectivity index (χ2v) is 7.41. The van der Waals surface area contributed by atoms with Crippen molar-refractivity contribution in [3.05, 3.63) is 29.8 Å². The van der Waals surface area contributed by atoms with E-state index in [1.165, 1.54) is 6.26 Å². The zero-order valence-corrected chi connectivity index (χ0v) is 13.2. The van der Waals surface area contributed by atoms with Crippen LogP contribution in [-0.2, 0) is 9.84 Å². The number of sulfone groups is 1. The molecule has 0 radical (unpaired) electrons. The van der Waals surface area contributed by atoms with Crippen molar-refractivity contribution in [3.63, 3.8) is 0 Å². The molecule has 0 spiro atoms. The summed E-state index contributed by atoms with van der Waals surface area (Å²) in [5.74, 6) is 1.05. The molecule has 5 heteroatoms. The van der Waals surface area contributed by atoms with Gasteiger partial charge >= 0.3 is 0 Å². The van der Waals surface area contributed by atoms with Gasteiger partial charge in [-0.05, 0) is 37.0 Å². The van der Waals surface area contributed by atoms with Crippen molar-refractivity contribution in [1.29, 1.82) is 0 Å². The van der Waals surface area contributed by atoms with E-state index in [1.54, 1.807) is 0 Å². The minimum Gasteiger partial charge on any atom is -0.494 e. The van der Waals surface area contributed by atoms with Crippen molar-refractivity contribution in [1.82, 2.24) is 0 Å². The van der Waals surface area contributed by atoms with Crippen molar-refractivity contribution in [2.75, 3.05) is 18.6 Å². The molecule has 0 fully saturated rings. The van der Waals surface area contributed by atoms with Crippen LogP contribution in [0.2, 0.25) is 0 Å². The Bertz CT molecular complexity index is 482. The number of rotatable bonds is 9. The molecule has 0 aliphatic heterocycles. The lowest BCUT2D eigenvalue weighted by molar-refractivity contribution is 0.309. The van der Waals surface area contributed by atoms with Gasteiger partial charge < -0.3 is 10.5 Å². The molecule has 0 aliphatic carbocycles. The number of nitrogens with two attached hydrogens (primary N) is 1. The first-order valence-electron chi connectivity index (χ1n) is 7.08. The standard InChI is InChI=1S/C15H25NO3S/c1-3-4-11-19-14-9-7-13(8-10-14)15(16)6-5-12-20(2,17)18/h7-10,15H,3-6,11-12,16H2,1-2H3. The van der Waals surface area contributed by atoms with Crippen LogP contribution in [-0.4, -0.2) is 27.0 Å². The molecule has 1 atom stereocenters. The van der Waals surface area contributed by atoms with Crippen LogP contribution in [0.15, 0.2) is 24.3 Å². The summed E-state index contributed by atoms with van der Waals surface area (Å²) >= 11 is 0. The first-order chi connectivity index (χ1) is 9.42. The van der Waals surface area contributed by atoms with Crippen LogP contribution in [0.1, 0.15) is 44.2 Å². The van der Waals surface area contributed by atoms with Crippen LogP contribution < -0.4 is 10.5 Å². The van der Waals surface area contributed by atoms with Crippen LogP contribution in [0.3, 0.4) is 0 Å². The summed E-state index contributed by atoms with van der Waals surface area (Å²) in [7, 11) is -2.90. The minimum absolute atomic E-state index is 0.124. The van der Waals surface area contributed by atoms with Gasteiger partial charge in [0.2, 0.25) is 0 Å². The maximum atomic E-state index is 11.1. The third-order valence-electron chi connectivity index (χ3n) is 3.11. The third-order valence-corrected chi connectivity index (χ3v) is 4.14. The molecule has 0 saturated carbocycles. The molecule has 0 heterocycles. The number of benzene rings is 1. The largest absolute Gasteiger partial charge is 0.494 e. The van der Waals surface area contributed by atoms with E-state index >= 15 is 0 Å². The van der Waals surface area contributed by atoms with Crippen LogP contribution in [0.5, 0.6) is 5.75 Å². The van der Waals surface area contributed by atoms with Crippen LogP contribution >= 0.6 is 0 Å². The van der Waals surface area contributed by atoms with Gasteiger partial charge in [0.15, 0.2) is 0 Å². The lowest BCUT2D eigenvalue weighted by atomic mass is 10.0. The fourth-order valence-electron chi connectivity index (χ4n) is 1.88. The lowest BCUT2D eigenvalue weighted by Crippen LogP contribution is -2.12. The quantitative estimate of drug-likeness (QED) is 0.712. The van der Waals surface area contributed by atoms with Gasteiger partial charge in [-0.15, -0.1) is 0 Å². The zero-order chi connectivity index (χ0) is 15.0. The van der Waals surface area contributed by atoms with E-state index in [2.05, 4.69) is 6.92 Å². The van der Waals surface area contributed by atoms with Gasteiger partial charge in [-0.2, -0.15) is 0 Å². The molecule has 2 N–H and O–H groups in total. The molecular formula is C15H25NO3S. The van der Waals surface area contributed by atoms with Gasteiger partial charge in [0, 0.05) is 18.1 Å². The maximum absolute atomic E-state index is 11.1. The molecule has 0 saturated heterocycles. The molecule has 1 aromatic carbocycles. The Hall–Kier alpha value is -1.07. The fourth-order valence-corrected chi connectivity index (χ4v) is 2.57. The Labute approximate surface area is 122 Å². The Morgan fingerprint density at radius 2 is 1.85 bits per heavy atom. The summed E-state index contributed by atoms with van der Waals surface area (Å²) in [4.78, 5) is 0. The van der Waals surface area contributed by atoms with Gasteiger partial charge in [0.05, 0.1) is 6.61 Å². The lowest BCUT2D eigenvalue weighted by Gasteiger charge is -2.12. The monoisotopic (exact) mass is 299 g/mol. The molecule has 1 unspecified atom stereocenters. The van der Waals surface area contributed by atoms with Crippen molar-refractivity contribution < 1.29 is 13.2 Å². The molecule has 0 aliphatic rings. The summed E-state index contributed by atoms with van der Waals surface area (Å²) in [6, 6.07) is 7.61. The van der Waals surface area contributed by atoms with E-state index in [4.69, 9.17) is 10.5 Å². The molecule has 114 valence electrons. The SMILES string of the molecule is CCCCOc1ccc(C(N)CCCS(C)(=O)=O)cc1. The third kappa shape index (κ3) is 6.91. The highest BCUT2D eigenvalue weighted by atomic mass is 32.2. The first kappa shape index (κ1) is 17.0. The molecule has 0 amide bonds. The first-order valence-corrected chi connectivity index (χ1v) is 9.14. The average Bonchev–Trinajstić information content (AvgIpc) is 2.38. The molecule has 4 nitrogen and oxygen atoms in total. The summed E-state index contributed by atoms with van der Waals surface area (Å²) in [5.41, 5.74) is 7.08. The summed E-state index contributed by atoms with van der Waals surface area (Å²) < 4.78 is 27.7. The van der Waals surface area contributed by atoms with E-state index in [-0.39, 0.29) is 11.8 Å². The fraction of sp³-hybridized carbons (Fsp3) is 0.600. The predicted molar refractivity (Wildman–Crippen MR) is 82.7 cm³/mol. The normalized spacial score (nSPS) is 13.2. The highest BCUT2D eigenvalue weighted by Gasteiger charge is 2.08. The summed E-state index contributed by atoms with van der Waals surface area (Å²) in [6.07, 6.45) is 4.68. The van der Waals surface area contributed by atoms with Crippen molar-refractivity contribution >= 4 is 9.84 Å². The smallest absolute Gasteiger partial charge is 0.147 e. The van der Waals surface area contributed by atoms with Gasteiger partial charge in [0.25, 0.3) is 0 Å². The van der Waals surface area contributed by atoms with Gasteiger partial charge in [0.1, 0.15) is 15.6 Å². The Morgan fingerprint density at radius 1 is 1.20 bits per heavy atom. The van der Waals surface area contributed by atoms with Crippen LogP contribution in [0.25, 0.3) is 0 Å². The van der Waals surface area contributed by atoms with E-state index in [0.29, 0.717) is 12.8 Å². The van der Waals surface area contributed by atoms with Crippen molar-refractivity contribution in [2.45, 2.75) is 38.6 Å². The van der Waals surface area contributed by atoms with Crippen molar-refractivity contribution in [3.8, 4) is 5.75 Å². The van der Waals surface area contributed by atoms with Crippen LogP contribution in [0.4, 0.5) is 0 Å². The van der Waals surface area contributed by atoms with Crippen molar-refractivity contribution in [2.24, 2.45) is 5.73 Å². The zero-order valence-electron chi connectivity index (χ0n) is 12.3. The molecule has 0 aromatic heterocycles. The summed E-state index contributed by atoms with van der Waals surface area (Å²) in [6.45, 7) is 2.86. The van der Waals surface area contributed by atoms with E-state index < -0.39 is 9.84 Å². The Kier molecular flexibility index (Phi) is 7.02. The molecular weight excluding hydrogens is 274 g/mol. The topological polar surface area (TPSA) is 69.4 Å². The van der Waals surface area contributed by atoms with Crippen LogP contribution in [0, 0.1) is 0 Å². The van der Waals surface area contributed by atoms with E-state index in [9.17, 15) is 8.42 Å². The second-order valence-electron chi connectivity index (χ2n) is 5.15. The van der Waals surface area contributed by atoms with E-state index in [1.807, 2.05) is 24.3 Å². The van der Waals surface area contributed by atoms with E-state index in [0.717, 1.165) is 30.8 Å². The number of ether oxygens (including phenoxy) is 1. The van der Waals surface area contributed by atoms with Gasteiger partial charge in [-0.25, -0.2) is 8.42 Å². The highest BCUT2D eigenvalue weighted by molar-refractivity contribution is 7.90. The second kappa shape index (κ2) is 8.27.